The Labute approximate surface area is 281 Å². The third-order valence-corrected chi connectivity index (χ3v) is 11.1. The van der Waals surface area contributed by atoms with Gasteiger partial charge in [-0.1, -0.05) is 96.1 Å². The predicted octanol–water partition coefficient (Wildman–Crippen LogP) is 5.98. The largest absolute Gasteiger partial charge is 0.270 e. The van der Waals surface area contributed by atoms with Crippen molar-refractivity contribution in [1.29, 1.82) is 0 Å². The fourth-order valence-corrected chi connectivity index (χ4v) is 8.35. The molecule has 0 fully saturated rings. The highest BCUT2D eigenvalue weighted by Crippen LogP contribution is 2.25. The van der Waals surface area contributed by atoms with E-state index < -0.39 is 19.7 Å². The van der Waals surface area contributed by atoms with Gasteiger partial charge in [-0.15, -0.1) is 20.4 Å². The van der Waals surface area contributed by atoms with Crippen LogP contribution in [0.5, 0.6) is 0 Å². The molecule has 4 aromatic carbocycles. The predicted molar refractivity (Wildman–Crippen MR) is 183 cm³/mol. The Bertz CT molecular complexity index is 2050. The Kier molecular flexibility index (Phi) is 9.65. The number of sulfone groups is 2. The summed E-state index contributed by atoms with van der Waals surface area (Å²) in [5, 5.41) is 16.8. The molecule has 0 radical (unpaired) electrons. The Morgan fingerprint density at radius 2 is 0.833 bits per heavy atom. The van der Waals surface area contributed by atoms with Crippen LogP contribution in [0.2, 0.25) is 0 Å². The standard InChI is InChI=1S/C36H36N6O4S2/c1-27-17-21-31(22-18-27)41-33(37-39-35(41)47(43,44)25-29-11-5-3-6-12-29)15-9-10-16-34-38-40-36(42(34)32-23-19-28(2)20-24-32)48(45,46)26-30-13-7-4-8-14-30/h3-8,11-14,17-24H,9-10,15-16,25-26H2,1-2H3. The molecule has 6 aromatic rings. The molecule has 0 spiro atoms. The lowest BCUT2D eigenvalue weighted by Crippen LogP contribution is -2.14. The minimum Gasteiger partial charge on any atom is -0.270 e. The Balaban J connectivity index is 1.25. The van der Waals surface area contributed by atoms with E-state index in [0.717, 1.165) is 11.1 Å². The lowest BCUT2D eigenvalue weighted by molar-refractivity contribution is 0.578. The lowest BCUT2D eigenvalue weighted by atomic mass is 10.1. The molecule has 0 N–H and O–H groups in total. The third kappa shape index (κ3) is 7.45. The summed E-state index contributed by atoms with van der Waals surface area (Å²) in [5.41, 5.74) is 4.76. The van der Waals surface area contributed by atoms with E-state index in [2.05, 4.69) is 20.4 Å². The molecule has 0 aliphatic rings. The number of unbranched alkanes of at least 4 members (excludes halogenated alkanes) is 1. The average molecular weight is 681 g/mol. The van der Waals surface area contributed by atoms with Crippen LogP contribution in [0.1, 0.15) is 46.7 Å². The second-order valence-corrected chi connectivity index (χ2v) is 15.6. The summed E-state index contributed by atoms with van der Waals surface area (Å²) in [4.78, 5) is 0. The number of hydrogen-bond donors (Lipinski definition) is 0. The molecule has 10 nitrogen and oxygen atoms in total. The van der Waals surface area contributed by atoms with Gasteiger partial charge in [0.25, 0.3) is 10.3 Å². The molecule has 2 heterocycles. The quantitative estimate of drug-likeness (QED) is 0.136. The van der Waals surface area contributed by atoms with E-state index in [9.17, 15) is 16.8 Å². The molecule has 246 valence electrons. The zero-order chi connectivity index (χ0) is 33.7. The highest BCUT2D eigenvalue weighted by molar-refractivity contribution is 7.90. The van der Waals surface area contributed by atoms with Gasteiger partial charge in [0.15, 0.2) is 0 Å². The topological polar surface area (TPSA) is 130 Å². The number of aryl methyl sites for hydroxylation is 4. The van der Waals surface area contributed by atoms with E-state index in [0.29, 0.717) is 59.8 Å². The fourth-order valence-electron chi connectivity index (χ4n) is 5.52. The van der Waals surface area contributed by atoms with Crippen LogP contribution in [0, 0.1) is 13.8 Å². The number of nitrogens with zero attached hydrogens (tertiary/aromatic N) is 6. The van der Waals surface area contributed by atoms with E-state index in [1.165, 1.54) is 0 Å². The van der Waals surface area contributed by atoms with Gasteiger partial charge < -0.3 is 0 Å². The number of rotatable bonds is 13. The van der Waals surface area contributed by atoms with Crippen LogP contribution in [-0.2, 0) is 44.0 Å². The number of aromatic nitrogens is 6. The van der Waals surface area contributed by atoms with E-state index >= 15 is 0 Å². The van der Waals surface area contributed by atoms with E-state index in [1.807, 2.05) is 98.8 Å². The van der Waals surface area contributed by atoms with Gasteiger partial charge in [0.05, 0.1) is 11.5 Å². The maximum absolute atomic E-state index is 13.6. The van der Waals surface area contributed by atoms with Crippen molar-refractivity contribution in [2.45, 2.75) is 61.3 Å². The molecule has 6 rings (SSSR count). The molecule has 0 unspecified atom stereocenters. The second-order valence-electron chi connectivity index (χ2n) is 11.8. The van der Waals surface area contributed by atoms with Crippen molar-refractivity contribution >= 4 is 19.7 Å². The monoisotopic (exact) mass is 680 g/mol. The van der Waals surface area contributed by atoms with Gasteiger partial charge in [-0.2, -0.15) is 0 Å². The molecule has 48 heavy (non-hydrogen) atoms. The molecule has 0 atom stereocenters. The summed E-state index contributed by atoms with van der Waals surface area (Å²) in [5.74, 6) is 0.664. The number of benzene rings is 4. The van der Waals surface area contributed by atoms with Crippen molar-refractivity contribution in [3.05, 3.63) is 143 Å². The summed E-state index contributed by atoms with van der Waals surface area (Å²) in [7, 11) is -7.63. The van der Waals surface area contributed by atoms with Crippen molar-refractivity contribution < 1.29 is 16.8 Å². The van der Waals surface area contributed by atoms with Gasteiger partial charge in [-0.25, -0.2) is 16.8 Å². The summed E-state index contributed by atoms with van der Waals surface area (Å²) in [6.45, 7) is 3.94. The summed E-state index contributed by atoms with van der Waals surface area (Å²) < 4.78 is 57.6. The van der Waals surface area contributed by atoms with Crippen molar-refractivity contribution in [2.75, 3.05) is 0 Å². The summed E-state index contributed by atoms with van der Waals surface area (Å²) in [6, 6.07) is 33.2. The first-order valence-corrected chi connectivity index (χ1v) is 19.0. The number of hydrogen-bond acceptors (Lipinski definition) is 8. The maximum Gasteiger partial charge on any atom is 0.254 e. The Morgan fingerprint density at radius 1 is 0.479 bits per heavy atom. The van der Waals surface area contributed by atoms with Crippen molar-refractivity contribution in [1.82, 2.24) is 29.5 Å². The first-order valence-electron chi connectivity index (χ1n) is 15.7. The van der Waals surface area contributed by atoms with E-state index in [1.54, 1.807) is 33.4 Å². The smallest absolute Gasteiger partial charge is 0.254 e. The minimum absolute atomic E-state index is 0.0995. The first kappa shape index (κ1) is 33.0. The van der Waals surface area contributed by atoms with Gasteiger partial charge in [-0.3, -0.25) is 9.13 Å². The molecular weight excluding hydrogens is 645 g/mol. The first-order chi connectivity index (χ1) is 23.1. The SMILES string of the molecule is Cc1ccc(-n2c(CCCCc3nnc(S(=O)(=O)Cc4ccccc4)n3-c3ccc(C)cc3)nnc2S(=O)(=O)Cc2ccccc2)cc1. The minimum atomic E-state index is -3.82. The zero-order valence-corrected chi connectivity index (χ0v) is 28.4. The van der Waals surface area contributed by atoms with Crippen molar-refractivity contribution in [3.63, 3.8) is 0 Å². The summed E-state index contributed by atoms with van der Waals surface area (Å²) >= 11 is 0. The lowest BCUT2D eigenvalue weighted by Gasteiger charge is -2.12. The van der Waals surface area contributed by atoms with Crippen LogP contribution in [0.3, 0.4) is 0 Å². The van der Waals surface area contributed by atoms with Crippen molar-refractivity contribution in [2.24, 2.45) is 0 Å². The van der Waals surface area contributed by atoms with Crippen LogP contribution in [0.15, 0.2) is 120 Å². The molecular formula is C36H36N6O4S2. The zero-order valence-electron chi connectivity index (χ0n) is 26.8. The van der Waals surface area contributed by atoms with Gasteiger partial charge in [-0.05, 0) is 62.1 Å². The molecule has 2 aromatic heterocycles. The summed E-state index contributed by atoms with van der Waals surface area (Å²) in [6.07, 6.45) is 2.13. The maximum atomic E-state index is 13.6. The van der Waals surface area contributed by atoms with Crippen LogP contribution in [0.4, 0.5) is 0 Å². The van der Waals surface area contributed by atoms with E-state index in [4.69, 9.17) is 0 Å². The van der Waals surface area contributed by atoms with E-state index in [-0.39, 0.29) is 21.8 Å². The Morgan fingerprint density at radius 3 is 1.19 bits per heavy atom. The molecule has 0 bridgehead atoms. The highest BCUT2D eigenvalue weighted by atomic mass is 32.2. The molecule has 0 aliphatic carbocycles. The van der Waals surface area contributed by atoms with Crippen molar-refractivity contribution in [3.8, 4) is 11.4 Å². The molecule has 0 amide bonds. The van der Waals surface area contributed by atoms with Gasteiger partial charge in [0.2, 0.25) is 19.7 Å². The molecule has 0 saturated carbocycles. The molecule has 12 heteroatoms. The fraction of sp³-hybridized carbons (Fsp3) is 0.222. The van der Waals surface area contributed by atoms with Crippen LogP contribution < -0.4 is 0 Å². The van der Waals surface area contributed by atoms with Gasteiger partial charge >= 0.3 is 0 Å². The van der Waals surface area contributed by atoms with Crippen LogP contribution >= 0.6 is 0 Å². The van der Waals surface area contributed by atoms with Crippen LogP contribution in [-0.4, -0.2) is 46.4 Å². The highest BCUT2D eigenvalue weighted by Gasteiger charge is 2.28. The average Bonchev–Trinajstić information content (AvgIpc) is 3.70. The Hall–Kier alpha value is -4.94. The van der Waals surface area contributed by atoms with Gasteiger partial charge in [0.1, 0.15) is 11.6 Å². The normalized spacial score (nSPS) is 12.0. The molecule has 0 saturated heterocycles. The van der Waals surface area contributed by atoms with Gasteiger partial charge in [0, 0.05) is 24.2 Å². The third-order valence-electron chi connectivity index (χ3n) is 7.99. The molecule has 0 aliphatic heterocycles. The van der Waals surface area contributed by atoms with Crippen LogP contribution in [0.25, 0.3) is 11.4 Å². The second kappa shape index (κ2) is 14.0.